The van der Waals surface area contributed by atoms with Gasteiger partial charge in [0.1, 0.15) is 23.3 Å². The number of hydrogen-bond acceptors (Lipinski definition) is 13. The minimum absolute atomic E-state index is 0.0393. The van der Waals surface area contributed by atoms with Crippen molar-refractivity contribution in [3.8, 4) is 28.7 Å². The third kappa shape index (κ3) is 9.70. The lowest BCUT2D eigenvalue weighted by atomic mass is 9.55. The second kappa shape index (κ2) is 20.8. The van der Waals surface area contributed by atoms with Crippen LogP contribution in [0.2, 0.25) is 0 Å². The fraction of sp³-hybridized carbons (Fsp3) is 0.510. The Hall–Kier alpha value is -4.73. The van der Waals surface area contributed by atoms with Crippen molar-refractivity contribution in [3.63, 3.8) is 0 Å². The molecule has 1 saturated carbocycles. The third-order valence-corrected chi connectivity index (χ3v) is 13.7. The summed E-state index contributed by atoms with van der Waals surface area (Å²) in [7, 11) is 1.38. The Labute approximate surface area is 374 Å². The van der Waals surface area contributed by atoms with E-state index in [0.29, 0.717) is 60.3 Å². The van der Waals surface area contributed by atoms with E-state index in [0.717, 1.165) is 60.1 Å². The van der Waals surface area contributed by atoms with Crippen molar-refractivity contribution in [1.29, 1.82) is 0 Å². The predicted octanol–water partition coefficient (Wildman–Crippen LogP) is 9.36. The quantitative estimate of drug-likeness (QED) is 0.0512. The average Bonchev–Trinajstić information content (AvgIpc) is 3.79. The van der Waals surface area contributed by atoms with Crippen LogP contribution in [0.5, 0.6) is 28.7 Å². The van der Waals surface area contributed by atoms with Crippen LogP contribution in [0.3, 0.4) is 0 Å². The molecule has 13 nitrogen and oxygen atoms in total. The molecule has 7 unspecified atom stereocenters. The van der Waals surface area contributed by atoms with Crippen LogP contribution in [-0.4, -0.2) is 91.6 Å². The summed E-state index contributed by atoms with van der Waals surface area (Å²) in [6, 6.07) is 18.8. The minimum atomic E-state index is -1.47. The zero-order valence-electron chi connectivity index (χ0n) is 36.3. The number of thioether (sulfide) groups is 1. The van der Waals surface area contributed by atoms with Gasteiger partial charge in [0.2, 0.25) is 18.9 Å². The molecule has 14 heteroatoms. The molecule has 1 saturated heterocycles. The van der Waals surface area contributed by atoms with Crippen molar-refractivity contribution in [2.24, 2.45) is 22.9 Å². The molecule has 338 valence electrons. The monoisotopic (exact) mass is 884 g/mol. The van der Waals surface area contributed by atoms with Crippen molar-refractivity contribution in [3.05, 3.63) is 96.1 Å². The smallest absolute Gasteiger partial charge is 0.410 e. The second-order valence-electron chi connectivity index (χ2n) is 16.7. The van der Waals surface area contributed by atoms with Crippen molar-refractivity contribution in [1.82, 2.24) is 4.90 Å². The van der Waals surface area contributed by atoms with Crippen LogP contribution < -0.4 is 18.9 Å². The molecule has 2 aliphatic carbocycles. The fourth-order valence-corrected chi connectivity index (χ4v) is 10.5. The van der Waals surface area contributed by atoms with Gasteiger partial charge < -0.3 is 48.2 Å². The van der Waals surface area contributed by atoms with E-state index in [9.17, 15) is 15.0 Å². The number of aliphatic hydroxyl groups is 2. The van der Waals surface area contributed by atoms with E-state index in [1.807, 2.05) is 60.9 Å². The molecule has 0 aromatic heterocycles. The van der Waals surface area contributed by atoms with Crippen molar-refractivity contribution in [2.75, 3.05) is 46.6 Å². The van der Waals surface area contributed by atoms with Crippen LogP contribution in [0.4, 0.5) is 4.79 Å². The maximum Gasteiger partial charge on any atom is 0.410 e. The number of oxime groups is 1. The minimum Gasteiger partial charge on any atom is -0.459 e. The van der Waals surface area contributed by atoms with Gasteiger partial charge in [-0.25, -0.2) is 4.79 Å². The number of hydrogen-bond donors (Lipinski definition) is 2. The maximum absolute atomic E-state index is 14.4. The molecule has 3 aliphatic heterocycles. The number of carbonyl (C=O) groups excluding carboxylic acids is 1. The number of methoxy groups -OCH3 is 1. The summed E-state index contributed by atoms with van der Waals surface area (Å²) >= 11 is 1.67. The Bertz CT molecular complexity index is 2110. The summed E-state index contributed by atoms with van der Waals surface area (Å²) in [5, 5.41) is 24.9. The summed E-state index contributed by atoms with van der Waals surface area (Å²) < 4.78 is 44.0. The van der Waals surface area contributed by atoms with Crippen LogP contribution in [0.1, 0.15) is 81.3 Å². The second-order valence-corrected chi connectivity index (χ2v) is 17.6. The van der Waals surface area contributed by atoms with Crippen molar-refractivity contribution >= 4 is 23.6 Å². The lowest BCUT2D eigenvalue weighted by molar-refractivity contribution is -0.256. The van der Waals surface area contributed by atoms with Gasteiger partial charge in [0.15, 0.2) is 11.5 Å². The SMILES string of the molecule is C=CCOC12Oc3ccc(Oc4ccc(SC)cc4)cc3C3C(CCCCO)C(CCCCO)C=C(C(=NOC4CCCCO4)CC1N(Cc1ccc4c(c1)OCO4)C(=O)OC)C32. The van der Waals surface area contributed by atoms with E-state index in [1.54, 1.807) is 22.7 Å². The molecule has 2 N–H and O–H groups in total. The lowest BCUT2D eigenvalue weighted by Crippen LogP contribution is -2.70. The Morgan fingerprint density at radius 1 is 0.968 bits per heavy atom. The molecule has 3 heterocycles. The first-order valence-corrected chi connectivity index (χ1v) is 23.5. The number of unbranched alkanes of at least 4 members (excludes halogenated alkanes) is 2. The van der Waals surface area contributed by atoms with E-state index >= 15 is 0 Å². The number of nitrogens with zero attached hydrogens (tertiary/aromatic N) is 2. The number of fused-ring (bicyclic) bond motifs is 3. The normalized spacial score (nSPS) is 26.2. The van der Waals surface area contributed by atoms with Gasteiger partial charge in [0, 0.05) is 49.0 Å². The van der Waals surface area contributed by atoms with Crippen molar-refractivity contribution < 1.29 is 53.0 Å². The van der Waals surface area contributed by atoms with Crippen LogP contribution in [0, 0.1) is 17.8 Å². The summed E-state index contributed by atoms with van der Waals surface area (Å²) in [5.41, 5.74) is 3.36. The van der Waals surface area contributed by atoms with Gasteiger partial charge in [-0.05, 0) is 122 Å². The van der Waals surface area contributed by atoms with Gasteiger partial charge >= 0.3 is 6.09 Å². The van der Waals surface area contributed by atoms with Gasteiger partial charge in [0.05, 0.1) is 32.0 Å². The molecule has 3 aromatic rings. The number of carbonyl (C=O) groups is 1. The summed E-state index contributed by atoms with van der Waals surface area (Å²) in [5.74, 6) is 1.12. The van der Waals surface area contributed by atoms with Gasteiger partial charge in [-0.3, -0.25) is 4.90 Å². The van der Waals surface area contributed by atoms with E-state index < -0.39 is 30.1 Å². The Morgan fingerprint density at radius 3 is 2.49 bits per heavy atom. The zero-order valence-corrected chi connectivity index (χ0v) is 37.1. The summed E-state index contributed by atoms with van der Waals surface area (Å²) in [6.45, 7) is 5.21. The molecule has 0 radical (unpaired) electrons. The standard InChI is InChI=1S/C49H60N2O11S/c1-4-24-59-49-44(51(48(54)55-2)30-32-14-20-42-43(26-32)58-31-57-42)29-40(50-62-45-13-7-10-25-56-45)38-27-33(11-5-8-22-52)37(12-6-9-23-53)46(47(38)49)39-28-35(17-21-41(39)61-49)60-34-15-18-36(63-3)19-16-34/h4,14-21,26-28,33,37,44-47,52-53H,1,5-13,22-25,29-31H2,2-3H3. The lowest BCUT2D eigenvalue weighted by Gasteiger charge is -2.59. The van der Waals surface area contributed by atoms with E-state index in [1.165, 1.54) is 7.11 Å². The molecule has 8 rings (SSSR count). The highest BCUT2D eigenvalue weighted by atomic mass is 32.2. The van der Waals surface area contributed by atoms with Crippen LogP contribution >= 0.6 is 11.8 Å². The number of benzene rings is 3. The zero-order chi connectivity index (χ0) is 43.8. The number of amides is 1. The van der Waals surface area contributed by atoms with Crippen LogP contribution in [-0.2, 0) is 25.6 Å². The van der Waals surface area contributed by atoms with E-state index in [2.05, 4.69) is 18.7 Å². The third-order valence-electron chi connectivity index (χ3n) is 12.9. The van der Waals surface area contributed by atoms with Gasteiger partial charge in [-0.1, -0.05) is 36.2 Å². The first-order chi connectivity index (χ1) is 30.9. The number of allylic oxidation sites excluding steroid dienone is 1. The molecule has 3 aromatic carbocycles. The Morgan fingerprint density at radius 2 is 1.75 bits per heavy atom. The number of aliphatic hydroxyl groups excluding tert-OH is 2. The first-order valence-electron chi connectivity index (χ1n) is 22.3. The highest BCUT2D eigenvalue weighted by molar-refractivity contribution is 7.98. The van der Waals surface area contributed by atoms with Gasteiger partial charge in [0.25, 0.3) is 0 Å². The predicted molar refractivity (Wildman–Crippen MR) is 238 cm³/mol. The number of ether oxygens (including phenoxy) is 7. The molecule has 5 aliphatic rings. The van der Waals surface area contributed by atoms with Gasteiger partial charge in [-0.2, -0.15) is 0 Å². The average molecular weight is 885 g/mol. The highest BCUT2D eigenvalue weighted by Crippen LogP contribution is 2.62. The summed E-state index contributed by atoms with van der Waals surface area (Å²) in [4.78, 5) is 23.5. The van der Waals surface area contributed by atoms with Gasteiger partial charge in [-0.15, -0.1) is 18.3 Å². The van der Waals surface area contributed by atoms with E-state index in [-0.39, 0.29) is 57.3 Å². The Kier molecular flexibility index (Phi) is 14.8. The maximum atomic E-state index is 14.4. The molecular weight excluding hydrogens is 825 g/mol. The molecule has 0 bridgehead atoms. The topological polar surface area (TPSA) is 147 Å². The first kappa shape index (κ1) is 44.9. The highest BCUT2D eigenvalue weighted by Gasteiger charge is 2.65. The van der Waals surface area contributed by atoms with Crippen LogP contribution in [0.25, 0.3) is 0 Å². The molecule has 2 fully saturated rings. The fourth-order valence-electron chi connectivity index (χ4n) is 10.1. The van der Waals surface area contributed by atoms with Crippen molar-refractivity contribution in [2.45, 2.75) is 99.7 Å². The summed E-state index contributed by atoms with van der Waals surface area (Å²) in [6.07, 6.45) is 12.4. The largest absolute Gasteiger partial charge is 0.459 e. The Balaban J connectivity index is 1.32. The molecule has 0 spiro atoms. The molecule has 1 amide bonds. The molecule has 63 heavy (non-hydrogen) atoms. The van der Waals surface area contributed by atoms with E-state index in [4.69, 9.17) is 43.2 Å². The van der Waals surface area contributed by atoms with Crippen LogP contribution in [0.15, 0.2) is 95.0 Å². The number of rotatable bonds is 19. The molecular formula is C49H60N2O11S. The molecule has 7 atom stereocenters.